The summed E-state index contributed by atoms with van der Waals surface area (Å²) < 4.78 is 37.9. The molecule has 146 valence electrons. The van der Waals surface area contributed by atoms with Crippen LogP contribution < -0.4 is 10.6 Å². The average molecular weight is 369 g/mol. The third kappa shape index (κ3) is 7.66. The van der Waals surface area contributed by atoms with Gasteiger partial charge >= 0.3 is 0 Å². The number of rotatable bonds is 9. The van der Waals surface area contributed by atoms with Gasteiger partial charge in [-0.15, -0.1) is 0 Å². The highest BCUT2D eigenvalue weighted by atomic mass is 19.1. The Labute approximate surface area is 154 Å². The summed E-state index contributed by atoms with van der Waals surface area (Å²) >= 11 is 0. The first-order chi connectivity index (χ1) is 12.7. The summed E-state index contributed by atoms with van der Waals surface area (Å²) in [5, 5.41) is 6.30. The van der Waals surface area contributed by atoms with Crippen LogP contribution in [0.1, 0.15) is 31.7 Å². The second-order valence-corrected chi connectivity index (χ2v) is 6.21. The van der Waals surface area contributed by atoms with E-state index in [1.807, 2.05) is 6.92 Å². The van der Waals surface area contributed by atoms with Crippen LogP contribution in [0.15, 0.2) is 23.2 Å². The van der Waals surface area contributed by atoms with Gasteiger partial charge in [-0.3, -0.25) is 4.99 Å². The zero-order valence-electron chi connectivity index (χ0n) is 15.4. The lowest BCUT2D eigenvalue weighted by Gasteiger charge is -2.22. The Hall–Kier alpha value is -1.73. The van der Waals surface area contributed by atoms with E-state index >= 15 is 0 Å². The predicted molar refractivity (Wildman–Crippen MR) is 98.5 cm³/mol. The van der Waals surface area contributed by atoms with Crippen LogP contribution in [0.5, 0.6) is 0 Å². The third-order valence-corrected chi connectivity index (χ3v) is 4.13. The molecule has 0 aliphatic carbocycles. The van der Waals surface area contributed by atoms with Crippen molar-refractivity contribution in [3.8, 4) is 0 Å². The summed E-state index contributed by atoms with van der Waals surface area (Å²) in [4.78, 5) is 4.49. The first-order valence-corrected chi connectivity index (χ1v) is 9.34. The summed E-state index contributed by atoms with van der Waals surface area (Å²) in [7, 11) is 0. The summed E-state index contributed by atoms with van der Waals surface area (Å²) in [6, 6.07) is 3.51. The van der Waals surface area contributed by atoms with Gasteiger partial charge in [0.1, 0.15) is 11.6 Å². The van der Waals surface area contributed by atoms with Crippen LogP contribution in [-0.4, -0.2) is 51.5 Å². The molecule has 1 fully saturated rings. The summed E-state index contributed by atoms with van der Waals surface area (Å²) in [5.41, 5.74) is 0.359. The normalized spacial score (nSPS) is 15.9. The molecular formula is C19H29F2N3O2. The van der Waals surface area contributed by atoms with Gasteiger partial charge in [-0.25, -0.2) is 8.78 Å². The van der Waals surface area contributed by atoms with Crippen molar-refractivity contribution in [3.05, 3.63) is 35.4 Å². The number of nitrogens with one attached hydrogen (secondary N) is 2. The fourth-order valence-corrected chi connectivity index (χ4v) is 2.74. The molecule has 0 unspecified atom stereocenters. The monoisotopic (exact) mass is 369 g/mol. The molecule has 0 saturated carbocycles. The molecule has 2 rings (SSSR count). The molecule has 7 heteroatoms. The Bertz CT molecular complexity index is 564. The Morgan fingerprint density at radius 3 is 2.85 bits per heavy atom. The van der Waals surface area contributed by atoms with Crippen molar-refractivity contribution in [3.63, 3.8) is 0 Å². The van der Waals surface area contributed by atoms with Crippen LogP contribution in [0.25, 0.3) is 0 Å². The van der Waals surface area contributed by atoms with E-state index in [-0.39, 0.29) is 5.82 Å². The van der Waals surface area contributed by atoms with Gasteiger partial charge in [0.05, 0.1) is 6.10 Å². The molecule has 2 N–H and O–H groups in total. The van der Waals surface area contributed by atoms with E-state index in [0.717, 1.165) is 51.2 Å². The fraction of sp³-hybridized carbons (Fsp3) is 0.632. The lowest BCUT2D eigenvalue weighted by atomic mass is 10.1. The largest absolute Gasteiger partial charge is 0.381 e. The van der Waals surface area contributed by atoms with Gasteiger partial charge in [-0.05, 0) is 56.4 Å². The minimum atomic E-state index is -0.425. The SMILES string of the molecule is CCNC(=NCCCOC1CCOCC1)NCCc1cc(F)ccc1F. The van der Waals surface area contributed by atoms with E-state index < -0.39 is 5.82 Å². The third-order valence-electron chi connectivity index (χ3n) is 4.13. The molecule has 1 aromatic carbocycles. The van der Waals surface area contributed by atoms with E-state index in [9.17, 15) is 8.78 Å². The number of hydrogen-bond donors (Lipinski definition) is 2. The van der Waals surface area contributed by atoms with Gasteiger partial charge in [-0.2, -0.15) is 0 Å². The van der Waals surface area contributed by atoms with Crippen LogP contribution in [0.2, 0.25) is 0 Å². The van der Waals surface area contributed by atoms with E-state index in [1.54, 1.807) is 0 Å². The van der Waals surface area contributed by atoms with Crippen molar-refractivity contribution in [2.75, 3.05) is 39.5 Å². The molecule has 5 nitrogen and oxygen atoms in total. The van der Waals surface area contributed by atoms with Gasteiger partial charge in [0, 0.05) is 39.5 Å². The summed E-state index contributed by atoms with van der Waals surface area (Å²) in [6.07, 6.45) is 3.46. The number of benzene rings is 1. The Morgan fingerprint density at radius 2 is 2.08 bits per heavy atom. The standard InChI is InChI=1S/C19H29F2N3O2/c1-2-22-19(23-9-3-11-26-17-7-12-25-13-8-17)24-10-6-15-14-16(20)4-5-18(15)21/h4-5,14,17H,2-3,6-13H2,1H3,(H2,22,23,24). The lowest BCUT2D eigenvalue weighted by molar-refractivity contribution is -0.0318. The number of nitrogens with zero attached hydrogens (tertiary/aromatic N) is 1. The van der Waals surface area contributed by atoms with Crippen molar-refractivity contribution in [2.24, 2.45) is 4.99 Å². The molecule has 1 heterocycles. The Morgan fingerprint density at radius 1 is 1.27 bits per heavy atom. The molecule has 1 aliphatic heterocycles. The molecule has 1 saturated heterocycles. The molecule has 1 aliphatic rings. The van der Waals surface area contributed by atoms with E-state index in [1.165, 1.54) is 6.07 Å². The molecule has 0 bridgehead atoms. The minimum absolute atomic E-state index is 0.306. The summed E-state index contributed by atoms with van der Waals surface area (Å²) in [5.74, 6) is -0.137. The van der Waals surface area contributed by atoms with E-state index in [4.69, 9.17) is 9.47 Å². The van der Waals surface area contributed by atoms with Crippen LogP contribution >= 0.6 is 0 Å². The highest BCUT2D eigenvalue weighted by Crippen LogP contribution is 2.11. The van der Waals surface area contributed by atoms with Crippen molar-refractivity contribution in [2.45, 2.75) is 38.7 Å². The maximum absolute atomic E-state index is 13.6. The zero-order valence-corrected chi connectivity index (χ0v) is 15.4. The van der Waals surface area contributed by atoms with Gasteiger partial charge in [0.25, 0.3) is 0 Å². The molecule has 26 heavy (non-hydrogen) atoms. The van der Waals surface area contributed by atoms with Crippen molar-refractivity contribution in [1.29, 1.82) is 0 Å². The number of aliphatic imine (C=N–C) groups is 1. The Balaban J connectivity index is 1.67. The second kappa shape index (κ2) is 11.8. The second-order valence-electron chi connectivity index (χ2n) is 6.21. The van der Waals surface area contributed by atoms with Gasteiger partial charge < -0.3 is 20.1 Å². The molecule has 0 aromatic heterocycles. The number of halogens is 2. The van der Waals surface area contributed by atoms with Crippen LogP contribution in [-0.2, 0) is 15.9 Å². The van der Waals surface area contributed by atoms with Crippen LogP contribution in [0.3, 0.4) is 0 Å². The summed E-state index contributed by atoms with van der Waals surface area (Å²) in [6.45, 7) is 6.09. The maximum Gasteiger partial charge on any atom is 0.191 e. The van der Waals surface area contributed by atoms with Gasteiger partial charge in [0.2, 0.25) is 0 Å². The minimum Gasteiger partial charge on any atom is -0.381 e. The van der Waals surface area contributed by atoms with Crippen molar-refractivity contribution >= 4 is 5.96 Å². The molecule has 0 spiro atoms. The van der Waals surface area contributed by atoms with Crippen LogP contribution in [0.4, 0.5) is 8.78 Å². The average Bonchev–Trinajstić information content (AvgIpc) is 2.65. The van der Waals surface area contributed by atoms with Crippen molar-refractivity contribution in [1.82, 2.24) is 10.6 Å². The first-order valence-electron chi connectivity index (χ1n) is 9.34. The lowest BCUT2D eigenvalue weighted by Crippen LogP contribution is -2.38. The van der Waals surface area contributed by atoms with Crippen molar-refractivity contribution < 1.29 is 18.3 Å². The highest BCUT2D eigenvalue weighted by molar-refractivity contribution is 5.79. The highest BCUT2D eigenvalue weighted by Gasteiger charge is 2.13. The smallest absolute Gasteiger partial charge is 0.191 e. The van der Waals surface area contributed by atoms with Gasteiger partial charge in [-0.1, -0.05) is 0 Å². The van der Waals surface area contributed by atoms with E-state index in [2.05, 4.69) is 15.6 Å². The fourth-order valence-electron chi connectivity index (χ4n) is 2.74. The van der Waals surface area contributed by atoms with Crippen LogP contribution in [0, 0.1) is 11.6 Å². The number of guanidine groups is 1. The topological polar surface area (TPSA) is 54.9 Å². The molecule has 1 aromatic rings. The molecule has 0 radical (unpaired) electrons. The molecular weight excluding hydrogens is 340 g/mol. The number of ether oxygens (including phenoxy) is 2. The Kier molecular flexibility index (Phi) is 9.34. The maximum atomic E-state index is 13.6. The quantitative estimate of drug-likeness (QED) is 0.399. The molecule has 0 amide bonds. The molecule has 0 atom stereocenters. The predicted octanol–water partition coefficient (Wildman–Crippen LogP) is 2.65. The first kappa shape index (κ1) is 20.6. The van der Waals surface area contributed by atoms with Gasteiger partial charge in [0.15, 0.2) is 5.96 Å². The number of hydrogen-bond acceptors (Lipinski definition) is 3. The zero-order chi connectivity index (χ0) is 18.6. The van der Waals surface area contributed by atoms with E-state index in [0.29, 0.717) is 43.7 Å².